The molecule has 5 heteroatoms. The zero-order valence-corrected chi connectivity index (χ0v) is 10.5. The first-order valence-corrected chi connectivity index (χ1v) is 6.29. The molecule has 0 saturated heterocycles. The summed E-state index contributed by atoms with van der Waals surface area (Å²) in [6.45, 7) is 4.99. The Labute approximate surface area is 102 Å². The third-order valence-corrected chi connectivity index (χ3v) is 3.30. The average Bonchev–Trinajstić information content (AvgIpc) is 2.97. The highest BCUT2D eigenvalue weighted by Gasteiger charge is 2.32. The molecule has 3 N–H and O–H groups in total. The molecule has 17 heavy (non-hydrogen) atoms. The zero-order valence-electron chi connectivity index (χ0n) is 10.5. The van der Waals surface area contributed by atoms with E-state index in [-0.39, 0.29) is 12.6 Å². The molecule has 5 nitrogen and oxygen atoms in total. The molecular weight excluding hydrogens is 220 g/mol. The molecule has 0 aromatic rings. The van der Waals surface area contributed by atoms with E-state index in [1.807, 2.05) is 6.92 Å². The highest BCUT2D eigenvalue weighted by Crippen LogP contribution is 2.36. The first-order valence-electron chi connectivity index (χ1n) is 6.29. The monoisotopic (exact) mass is 242 g/mol. The van der Waals surface area contributed by atoms with Crippen LogP contribution in [0.2, 0.25) is 0 Å². The van der Waals surface area contributed by atoms with Crippen molar-refractivity contribution in [2.45, 2.75) is 33.1 Å². The second-order valence-electron chi connectivity index (χ2n) is 4.89. The van der Waals surface area contributed by atoms with Crippen molar-refractivity contribution in [2.24, 2.45) is 17.8 Å². The lowest BCUT2D eigenvalue weighted by Crippen LogP contribution is -2.40. The van der Waals surface area contributed by atoms with Crippen LogP contribution in [0.3, 0.4) is 0 Å². The smallest absolute Gasteiger partial charge is 0.314 e. The summed E-state index contributed by atoms with van der Waals surface area (Å²) in [5.74, 6) is -0.0117. The molecule has 3 atom stereocenters. The van der Waals surface area contributed by atoms with E-state index in [1.54, 1.807) is 0 Å². The lowest BCUT2D eigenvalue weighted by Gasteiger charge is -2.12. The minimum atomic E-state index is -0.844. The molecule has 2 amide bonds. The van der Waals surface area contributed by atoms with E-state index in [4.69, 9.17) is 5.11 Å². The van der Waals surface area contributed by atoms with Crippen molar-refractivity contribution in [1.82, 2.24) is 10.6 Å². The van der Waals surface area contributed by atoms with Crippen LogP contribution in [0.25, 0.3) is 0 Å². The van der Waals surface area contributed by atoms with Crippen molar-refractivity contribution >= 4 is 12.0 Å². The number of rotatable bonds is 7. The van der Waals surface area contributed by atoms with Crippen LogP contribution >= 0.6 is 0 Å². The van der Waals surface area contributed by atoms with Crippen LogP contribution in [0.5, 0.6) is 0 Å². The number of carboxylic acids is 1. The molecule has 0 spiro atoms. The summed E-state index contributed by atoms with van der Waals surface area (Å²) in [6.07, 6.45) is 2.57. The molecule has 3 unspecified atom stereocenters. The lowest BCUT2D eigenvalue weighted by atomic mass is 10.0. The van der Waals surface area contributed by atoms with Crippen LogP contribution in [-0.2, 0) is 4.79 Å². The van der Waals surface area contributed by atoms with Gasteiger partial charge in [-0.1, -0.05) is 20.3 Å². The van der Waals surface area contributed by atoms with Gasteiger partial charge in [-0.3, -0.25) is 4.79 Å². The van der Waals surface area contributed by atoms with E-state index in [0.29, 0.717) is 24.8 Å². The van der Waals surface area contributed by atoms with E-state index >= 15 is 0 Å². The van der Waals surface area contributed by atoms with Gasteiger partial charge in [0.25, 0.3) is 0 Å². The fraction of sp³-hybridized carbons (Fsp3) is 0.833. The summed E-state index contributed by atoms with van der Waals surface area (Å²) in [5.41, 5.74) is 0. The Hall–Kier alpha value is -1.26. The Morgan fingerprint density at radius 3 is 2.53 bits per heavy atom. The summed E-state index contributed by atoms with van der Waals surface area (Å²) in [5, 5.41) is 14.3. The van der Waals surface area contributed by atoms with Gasteiger partial charge in [0, 0.05) is 13.1 Å². The number of carbonyl (C=O) groups is 2. The van der Waals surface area contributed by atoms with E-state index < -0.39 is 11.9 Å². The molecule has 0 aromatic heterocycles. The molecule has 1 fully saturated rings. The minimum Gasteiger partial charge on any atom is -0.481 e. The van der Waals surface area contributed by atoms with Crippen molar-refractivity contribution in [1.29, 1.82) is 0 Å². The summed E-state index contributed by atoms with van der Waals surface area (Å²) in [7, 11) is 0. The third kappa shape index (κ3) is 5.06. The van der Waals surface area contributed by atoms with E-state index in [1.165, 1.54) is 6.42 Å². The normalized spacial score (nSPS) is 23.9. The van der Waals surface area contributed by atoms with Gasteiger partial charge in [-0.25, -0.2) is 4.79 Å². The Morgan fingerprint density at radius 2 is 2.06 bits per heavy atom. The number of carbonyl (C=O) groups excluding carboxylic acids is 1. The summed E-state index contributed by atoms with van der Waals surface area (Å²) in [6, 6.07) is -0.258. The number of aliphatic carboxylic acids is 1. The maximum atomic E-state index is 11.4. The zero-order chi connectivity index (χ0) is 12.8. The van der Waals surface area contributed by atoms with Crippen LogP contribution in [0.15, 0.2) is 0 Å². The Balaban J connectivity index is 2.14. The number of nitrogens with one attached hydrogen (secondary N) is 2. The predicted molar refractivity (Wildman–Crippen MR) is 64.7 cm³/mol. The molecule has 0 heterocycles. The Bertz CT molecular complexity index is 281. The van der Waals surface area contributed by atoms with Gasteiger partial charge in [0.05, 0.1) is 5.92 Å². The van der Waals surface area contributed by atoms with Gasteiger partial charge in [0.1, 0.15) is 0 Å². The Kier molecular flexibility index (Phi) is 5.25. The van der Waals surface area contributed by atoms with E-state index in [0.717, 1.165) is 6.42 Å². The number of hydrogen-bond acceptors (Lipinski definition) is 2. The van der Waals surface area contributed by atoms with Crippen LogP contribution in [0, 0.1) is 17.8 Å². The number of urea groups is 1. The molecule has 1 saturated carbocycles. The number of amides is 2. The molecule has 98 valence electrons. The quantitative estimate of drug-likeness (QED) is 0.632. The average molecular weight is 242 g/mol. The molecule has 0 bridgehead atoms. The minimum absolute atomic E-state index is 0.204. The maximum Gasteiger partial charge on any atom is 0.314 e. The van der Waals surface area contributed by atoms with Crippen LogP contribution in [0.4, 0.5) is 4.79 Å². The first-order chi connectivity index (χ1) is 8.04. The topological polar surface area (TPSA) is 78.4 Å². The van der Waals surface area contributed by atoms with E-state index in [2.05, 4.69) is 17.6 Å². The van der Waals surface area contributed by atoms with E-state index in [9.17, 15) is 9.59 Å². The van der Waals surface area contributed by atoms with Crippen LogP contribution in [0.1, 0.15) is 33.1 Å². The molecule has 1 aliphatic rings. The molecule has 0 aromatic carbocycles. The second kappa shape index (κ2) is 6.47. The fourth-order valence-corrected chi connectivity index (χ4v) is 1.85. The van der Waals surface area contributed by atoms with Crippen molar-refractivity contribution in [2.75, 3.05) is 13.1 Å². The predicted octanol–water partition coefficient (Wildman–Crippen LogP) is 1.44. The number of hydrogen-bond donors (Lipinski definition) is 3. The van der Waals surface area contributed by atoms with Crippen LogP contribution < -0.4 is 10.6 Å². The number of carboxylic acid groups (broad SMARTS) is 1. The summed E-state index contributed by atoms with van der Waals surface area (Å²) in [4.78, 5) is 22.2. The van der Waals surface area contributed by atoms with Gasteiger partial charge in [0.15, 0.2) is 0 Å². The Morgan fingerprint density at radius 1 is 1.41 bits per heavy atom. The van der Waals surface area contributed by atoms with Gasteiger partial charge < -0.3 is 15.7 Å². The van der Waals surface area contributed by atoms with Crippen LogP contribution in [-0.4, -0.2) is 30.2 Å². The van der Waals surface area contributed by atoms with Crippen molar-refractivity contribution in [3.8, 4) is 0 Å². The first kappa shape index (κ1) is 13.8. The highest BCUT2D eigenvalue weighted by atomic mass is 16.4. The molecular formula is C12H22N2O3. The van der Waals surface area contributed by atoms with Gasteiger partial charge in [-0.15, -0.1) is 0 Å². The largest absolute Gasteiger partial charge is 0.481 e. The molecule has 0 radical (unpaired) electrons. The fourth-order valence-electron chi connectivity index (χ4n) is 1.85. The standard InChI is InChI=1S/C12H22N2O3/c1-3-4-9(11(15)16)6-13-12(17)14-7-10-5-8(10)2/h8-10H,3-7H2,1-2H3,(H,15,16)(H2,13,14,17). The molecule has 1 aliphatic carbocycles. The van der Waals surface area contributed by atoms with Crippen molar-refractivity contribution < 1.29 is 14.7 Å². The van der Waals surface area contributed by atoms with Gasteiger partial charge >= 0.3 is 12.0 Å². The summed E-state index contributed by atoms with van der Waals surface area (Å²) >= 11 is 0. The maximum absolute atomic E-state index is 11.4. The SMILES string of the molecule is CCCC(CNC(=O)NCC1CC1C)C(=O)O. The lowest BCUT2D eigenvalue weighted by molar-refractivity contribution is -0.141. The highest BCUT2D eigenvalue weighted by molar-refractivity contribution is 5.75. The van der Waals surface area contributed by atoms with Gasteiger partial charge in [-0.05, 0) is 24.7 Å². The third-order valence-electron chi connectivity index (χ3n) is 3.30. The second-order valence-corrected chi connectivity index (χ2v) is 4.89. The molecule has 1 rings (SSSR count). The van der Waals surface area contributed by atoms with Gasteiger partial charge in [-0.2, -0.15) is 0 Å². The molecule has 0 aliphatic heterocycles. The van der Waals surface area contributed by atoms with Gasteiger partial charge in [0.2, 0.25) is 0 Å². The van der Waals surface area contributed by atoms with Crippen molar-refractivity contribution in [3.05, 3.63) is 0 Å². The summed E-state index contributed by atoms with van der Waals surface area (Å²) < 4.78 is 0. The van der Waals surface area contributed by atoms with Crippen molar-refractivity contribution in [3.63, 3.8) is 0 Å².